The van der Waals surface area contributed by atoms with Crippen LogP contribution in [0.3, 0.4) is 0 Å². The highest BCUT2D eigenvalue weighted by molar-refractivity contribution is 14.0. The third kappa shape index (κ3) is 7.11. The van der Waals surface area contributed by atoms with Crippen LogP contribution in [0.15, 0.2) is 4.99 Å². The van der Waals surface area contributed by atoms with Crippen LogP contribution in [-0.4, -0.2) is 88.0 Å². The van der Waals surface area contributed by atoms with Crippen molar-refractivity contribution in [2.75, 3.05) is 66.2 Å². The minimum atomic E-state index is 0. The summed E-state index contributed by atoms with van der Waals surface area (Å²) in [6.07, 6.45) is 3.54. The second-order valence-corrected chi connectivity index (χ2v) is 5.98. The number of morpholine rings is 1. The second-order valence-electron chi connectivity index (χ2n) is 5.98. The lowest BCUT2D eigenvalue weighted by atomic mass is 10.2. The molecule has 2 aliphatic heterocycles. The summed E-state index contributed by atoms with van der Waals surface area (Å²) in [7, 11) is 1.86. The highest BCUT2D eigenvalue weighted by atomic mass is 127. The van der Waals surface area contributed by atoms with Crippen LogP contribution in [0.25, 0.3) is 0 Å². The minimum absolute atomic E-state index is 0. The number of hydrogen-bond acceptors (Lipinski definition) is 4. The molecule has 0 bridgehead atoms. The lowest BCUT2D eigenvalue weighted by Gasteiger charge is -2.32. The Morgan fingerprint density at radius 1 is 1.26 bits per heavy atom. The number of halogens is 1. The number of nitrogens with zero attached hydrogens (tertiary/aromatic N) is 3. The molecule has 0 aromatic carbocycles. The van der Waals surface area contributed by atoms with Crippen molar-refractivity contribution < 1.29 is 9.47 Å². The summed E-state index contributed by atoms with van der Waals surface area (Å²) < 4.78 is 11.0. The molecule has 1 atom stereocenters. The monoisotopic (exact) mass is 440 g/mol. The number of nitrogens with one attached hydrogen (secondary N) is 1. The summed E-state index contributed by atoms with van der Waals surface area (Å²) in [5, 5.41) is 3.42. The van der Waals surface area contributed by atoms with E-state index in [-0.39, 0.29) is 24.0 Å². The van der Waals surface area contributed by atoms with Gasteiger partial charge < -0.3 is 19.7 Å². The first-order chi connectivity index (χ1) is 10.8. The SMILES string of the molecule is CCCCOCCNC(=NC)N1CCC(N2CCOCC2)C1.I. The van der Waals surface area contributed by atoms with Crippen LogP contribution in [0.4, 0.5) is 0 Å². The Morgan fingerprint density at radius 3 is 2.74 bits per heavy atom. The molecule has 0 radical (unpaired) electrons. The van der Waals surface area contributed by atoms with Crippen LogP contribution in [0.1, 0.15) is 26.2 Å². The van der Waals surface area contributed by atoms with Gasteiger partial charge in [0, 0.05) is 52.4 Å². The molecule has 23 heavy (non-hydrogen) atoms. The van der Waals surface area contributed by atoms with Gasteiger partial charge in [-0.15, -0.1) is 24.0 Å². The lowest BCUT2D eigenvalue weighted by Crippen LogP contribution is -2.47. The predicted octanol–water partition coefficient (Wildman–Crippen LogP) is 1.40. The van der Waals surface area contributed by atoms with Crippen LogP contribution < -0.4 is 5.32 Å². The fourth-order valence-corrected chi connectivity index (χ4v) is 3.09. The highest BCUT2D eigenvalue weighted by Gasteiger charge is 2.30. The fourth-order valence-electron chi connectivity index (χ4n) is 3.09. The number of guanidine groups is 1. The third-order valence-electron chi connectivity index (χ3n) is 4.41. The van der Waals surface area contributed by atoms with Crippen LogP contribution >= 0.6 is 24.0 Å². The molecule has 0 spiro atoms. The van der Waals surface area contributed by atoms with E-state index in [1.807, 2.05) is 7.05 Å². The smallest absolute Gasteiger partial charge is 0.193 e. The normalized spacial score (nSPS) is 23.0. The van der Waals surface area contributed by atoms with Gasteiger partial charge in [-0.25, -0.2) is 0 Å². The fraction of sp³-hybridized carbons (Fsp3) is 0.938. The first kappa shape index (κ1) is 20.9. The van der Waals surface area contributed by atoms with Gasteiger partial charge in [-0.1, -0.05) is 13.3 Å². The molecule has 1 unspecified atom stereocenters. The van der Waals surface area contributed by atoms with Crippen molar-refractivity contribution in [3.63, 3.8) is 0 Å². The Morgan fingerprint density at radius 2 is 2.04 bits per heavy atom. The van der Waals surface area contributed by atoms with Crippen molar-refractivity contribution in [3.05, 3.63) is 0 Å². The molecule has 0 amide bonds. The molecule has 1 N–H and O–H groups in total. The molecule has 2 heterocycles. The molecule has 0 aliphatic carbocycles. The number of rotatable bonds is 7. The van der Waals surface area contributed by atoms with Gasteiger partial charge in [0.1, 0.15) is 0 Å². The van der Waals surface area contributed by atoms with Gasteiger partial charge in [0.2, 0.25) is 0 Å². The van der Waals surface area contributed by atoms with E-state index in [0.717, 1.165) is 71.5 Å². The summed E-state index contributed by atoms with van der Waals surface area (Å²) >= 11 is 0. The summed E-state index contributed by atoms with van der Waals surface area (Å²) in [6.45, 7) is 10.6. The van der Waals surface area contributed by atoms with Crippen LogP contribution in [0, 0.1) is 0 Å². The topological polar surface area (TPSA) is 49.3 Å². The summed E-state index contributed by atoms with van der Waals surface area (Å²) in [6, 6.07) is 0.642. The highest BCUT2D eigenvalue weighted by Crippen LogP contribution is 2.16. The van der Waals surface area contributed by atoms with Gasteiger partial charge >= 0.3 is 0 Å². The lowest BCUT2D eigenvalue weighted by molar-refractivity contribution is 0.0194. The van der Waals surface area contributed by atoms with E-state index in [2.05, 4.69) is 27.0 Å². The molecular weight excluding hydrogens is 407 g/mol. The van der Waals surface area contributed by atoms with E-state index in [4.69, 9.17) is 9.47 Å². The zero-order chi connectivity index (χ0) is 15.6. The molecule has 6 nitrogen and oxygen atoms in total. The van der Waals surface area contributed by atoms with Gasteiger partial charge in [-0.05, 0) is 12.8 Å². The van der Waals surface area contributed by atoms with Gasteiger partial charge in [-0.3, -0.25) is 9.89 Å². The molecular formula is C16H33IN4O2. The maximum absolute atomic E-state index is 5.59. The largest absolute Gasteiger partial charge is 0.380 e. The Labute approximate surface area is 158 Å². The molecule has 7 heteroatoms. The molecule has 2 saturated heterocycles. The first-order valence-electron chi connectivity index (χ1n) is 8.70. The Balaban J connectivity index is 0.00000264. The number of likely N-dealkylation sites (tertiary alicyclic amines) is 1. The van der Waals surface area contributed by atoms with E-state index in [9.17, 15) is 0 Å². The zero-order valence-corrected chi connectivity index (χ0v) is 17.0. The van der Waals surface area contributed by atoms with Gasteiger partial charge in [0.05, 0.1) is 19.8 Å². The Hall–Kier alpha value is -0.120. The molecule has 2 rings (SSSR count). The van der Waals surface area contributed by atoms with Gasteiger partial charge in [0.15, 0.2) is 5.96 Å². The molecule has 2 aliphatic rings. The van der Waals surface area contributed by atoms with Gasteiger partial charge in [0.25, 0.3) is 0 Å². The molecule has 0 aromatic heterocycles. The Bertz CT molecular complexity index is 338. The first-order valence-corrected chi connectivity index (χ1v) is 8.70. The van der Waals surface area contributed by atoms with Crippen molar-refractivity contribution >= 4 is 29.9 Å². The number of ether oxygens (including phenoxy) is 2. The maximum atomic E-state index is 5.59. The van der Waals surface area contributed by atoms with Crippen molar-refractivity contribution in [2.45, 2.75) is 32.2 Å². The average Bonchev–Trinajstić information content (AvgIpc) is 3.05. The molecule has 0 saturated carbocycles. The van der Waals surface area contributed by atoms with Crippen molar-refractivity contribution in [1.29, 1.82) is 0 Å². The van der Waals surface area contributed by atoms with Gasteiger partial charge in [-0.2, -0.15) is 0 Å². The molecule has 136 valence electrons. The zero-order valence-electron chi connectivity index (χ0n) is 14.6. The second kappa shape index (κ2) is 12.3. The number of unbranched alkanes of at least 4 members (excludes halogenated alkanes) is 1. The van der Waals surface area contributed by atoms with Crippen LogP contribution in [0.2, 0.25) is 0 Å². The minimum Gasteiger partial charge on any atom is -0.380 e. The van der Waals surface area contributed by atoms with Crippen molar-refractivity contribution in [2.24, 2.45) is 4.99 Å². The molecule has 0 aromatic rings. The average molecular weight is 440 g/mol. The van der Waals surface area contributed by atoms with Crippen LogP contribution in [0.5, 0.6) is 0 Å². The summed E-state index contributed by atoms with van der Waals surface area (Å²) in [5.74, 6) is 1.01. The van der Waals surface area contributed by atoms with Crippen LogP contribution in [-0.2, 0) is 9.47 Å². The number of hydrogen-bond donors (Lipinski definition) is 1. The quantitative estimate of drug-likeness (QED) is 0.281. The Kier molecular flexibility index (Phi) is 11.2. The molecule has 2 fully saturated rings. The maximum Gasteiger partial charge on any atom is 0.193 e. The van der Waals surface area contributed by atoms with E-state index in [1.54, 1.807) is 0 Å². The van der Waals surface area contributed by atoms with Crippen molar-refractivity contribution in [1.82, 2.24) is 15.1 Å². The standard InChI is InChI=1S/C16H32N4O2.HI/c1-3-4-10-21-11-6-18-16(17-2)20-7-5-15(14-20)19-8-12-22-13-9-19;/h15H,3-14H2,1-2H3,(H,17,18);1H. The summed E-state index contributed by atoms with van der Waals surface area (Å²) in [4.78, 5) is 9.34. The van der Waals surface area contributed by atoms with E-state index < -0.39 is 0 Å². The summed E-state index contributed by atoms with van der Waals surface area (Å²) in [5.41, 5.74) is 0. The van der Waals surface area contributed by atoms with E-state index in [0.29, 0.717) is 6.04 Å². The van der Waals surface area contributed by atoms with E-state index >= 15 is 0 Å². The van der Waals surface area contributed by atoms with E-state index in [1.165, 1.54) is 12.8 Å². The van der Waals surface area contributed by atoms with Crippen molar-refractivity contribution in [3.8, 4) is 0 Å². The third-order valence-corrected chi connectivity index (χ3v) is 4.41. The predicted molar refractivity (Wildman–Crippen MR) is 105 cm³/mol. The number of aliphatic imine (C=N–C) groups is 1.